The van der Waals surface area contributed by atoms with Gasteiger partial charge in [0.2, 0.25) is 0 Å². The molecule has 0 atom stereocenters. The summed E-state index contributed by atoms with van der Waals surface area (Å²) in [6, 6.07) is 4.87. The van der Waals surface area contributed by atoms with Gasteiger partial charge in [-0.15, -0.1) is 0 Å². The first-order valence-electron chi connectivity index (χ1n) is 6.54. The fourth-order valence-electron chi connectivity index (χ4n) is 2.23. The highest BCUT2D eigenvalue weighted by Crippen LogP contribution is 2.31. The summed E-state index contributed by atoms with van der Waals surface area (Å²) in [5, 5.41) is 12.9. The van der Waals surface area contributed by atoms with Gasteiger partial charge in [0.05, 0.1) is 19.2 Å². The van der Waals surface area contributed by atoms with Crippen LogP contribution in [0.5, 0.6) is 11.5 Å². The number of hydrogen-bond donors (Lipinski definition) is 2. The molecule has 0 saturated heterocycles. The van der Waals surface area contributed by atoms with E-state index in [1.807, 2.05) is 0 Å². The molecule has 7 nitrogen and oxygen atoms in total. The Kier molecular flexibility index (Phi) is 4.16. The van der Waals surface area contributed by atoms with Crippen LogP contribution < -0.4 is 15.6 Å². The summed E-state index contributed by atoms with van der Waals surface area (Å²) in [4.78, 5) is 35.4. The summed E-state index contributed by atoms with van der Waals surface area (Å²) in [6.07, 6.45) is 0. The average Bonchev–Trinajstić information content (AvgIpc) is 2.50. The molecule has 0 aliphatic rings. The molecule has 0 aliphatic carbocycles. The number of benzene rings is 1. The molecule has 0 unspecified atom stereocenters. The Morgan fingerprint density at radius 1 is 1.36 bits per heavy atom. The number of aryl methyl sites for hydroxylation is 1. The molecule has 1 aromatic heterocycles. The Morgan fingerprint density at radius 2 is 2.05 bits per heavy atom. The summed E-state index contributed by atoms with van der Waals surface area (Å²) >= 11 is 0. The van der Waals surface area contributed by atoms with E-state index in [-0.39, 0.29) is 12.3 Å². The number of para-hydroxylation sites is 1. The zero-order valence-corrected chi connectivity index (χ0v) is 12.5. The van der Waals surface area contributed by atoms with Gasteiger partial charge in [-0.3, -0.25) is 14.4 Å². The van der Waals surface area contributed by atoms with E-state index in [2.05, 4.69) is 5.32 Å². The molecular weight excluding hydrogens is 288 g/mol. The van der Waals surface area contributed by atoms with Gasteiger partial charge >= 0.3 is 0 Å². The molecule has 0 fully saturated rings. The first-order chi connectivity index (χ1) is 10.4. The molecule has 7 heteroatoms. The van der Waals surface area contributed by atoms with Crippen molar-refractivity contribution in [2.75, 3.05) is 13.7 Å². The Balaban J connectivity index is 2.70. The number of Topliss-reactive ketones (excluding diaryl/α,β-unsaturated/α-hetero) is 1. The fourth-order valence-corrected chi connectivity index (χ4v) is 2.23. The molecule has 0 aliphatic heterocycles. The van der Waals surface area contributed by atoms with Crippen molar-refractivity contribution in [3.63, 3.8) is 0 Å². The molecule has 2 aromatic rings. The van der Waals surface area contributed by atoms with Gasteiger partial charge < -0.3 is 19.7 Å². The van der Waals surface area contributed by atoms with Crippen molar-refractivity contribution >= 4 is 22.6 Å². The van der Waals surface area contributed by atoms with Crippen molar-refractivity contribution < 1.29 is 19.4 Å². The first kappa shape index (κ1) is 15.6. The van der Waals surface area contributed by atoms with E-state index < -0.39 is 22.8 Å². The molecule has 1 heterocycles. The minimum Gasteiger partial charge on any atom is -0.506 e. The molecule has 22 heavy (non-hydrogen) atoms. The molecule has 2 rings (SSSR count). The van der Waals surface area contributed by atoms with Crippen molar-refractivity contribution in [3.8, 4) is 11.5 Å². The Hall–Kier alpha value is -2.83. The molecular formula is C15H16N2O5. The quantitative estimate of drug-likeness (QED) is 0.860. The van der Waals surface area contributed by atoms with E-state index in [4.69, 9.17) is 4.74 Å². The topological polar surface area (TPSA) is 97.6 Å². The van der Waals surface area contributed by atoms with Crippen LogP contribution in [-0.4, -0.2) is 35.0 Å². The summed E-state index contributed by atoms with van der Waals surface area (Å²) in [5.41, 5.74) is -0.685. The van der Waals surface area contributed by atoms with Gasteiger partial charge in [0, 0.05) is 12.4 Å². The maximum absolute atomic E-state index is 12.4. The smallest absolute Gasteiger partial charge is 0.267 e. The van der Waals surface area contributed by atoms with Crippen molar-refractivity contribution in [1.82, 2.24) is 9.88 Å². The Bertz CT molecular complexity index is 823. The van der Waals surface area contributed by atoms with Crippen LogP contribution in [0, 0.1) is 0 Å². The average molecular weight is 304 g/mol. The van der Waals surface area contributed by atoms with Crippen molar-refractivity contribution in [1.29, 1.82) is 0 Å². The second kappa shape index (κ2) is 5.88. The summed E-state index contributed by atoms with van der Waals surface area (Å²) in [6.45, 7) is 1.10. The lowest BCUT2D eigenvalue weighted by atomic mass is 10.1. The van der Waals surface area contributed by atoms with Crippen LogP contribution in [0.2, 0.25) is 0 Å². The van der Waals surface area contributed by atoms with E-state index in [9.17, 15) is 19.5 Å². The number of aromatic hydroxyl groups is 1. The second-order valence-electron chi connectivity index (χ2n) is 4.83. The zero-order chi connectivity index (χ0) is 16.4. The van der Waals surface area contributed by atoms with Gasteiger partial charge in [0.1, 0.15) is 22.8 Å². The second-order valence-corrected chi connectivity index (χ2v) is 4.83. The molecule has 0 radical (unpaired) electrons. The SMILES string of the molecule is COc1cccc2c(O)c(C(=O)NCC(C)=O)c(=O)n(C)c12. The number of methoxy groups -OCH3 is 1. The minimum absolute atomic E-state index is 0.211. The summed E-state index contributed by atoms with van der Waals surface area (Å²) < 4.78 is 6.41. The van der Waals surface area contributed by atoms with E-state index in [1.165, 1.54) is 25.6 Å². The standard InChI is InChI=1S/C15H16N2O5/c1-8(18)7-16-14(20)11-13(19)9-5-4-6-10(22-3)12(9)17(2)15(11)21/h4-6,19H,7H2,1-3H3,(H,16,20). The van der Waals surface area contributed by atoms with Crippen molar-refractivity contribution in [3.05, 3.63) is 34.1 Å². The van der Waals surface area contributed by atoms with Crippen molar-refractivity contribution in [2.45, 2.75) is 6.92 Å². The third-order valence-electron chi connectivity index (χ3n) is 3.29. The first-order valence-corrected chi connectivity index (χ1v) is 6.54. The van der Waals surface area contributed by atoms with Crippen LogP contribution in [0.25, 0.3) is 10.9 Å². The van der Waals surface area contributed by atoms with Crippen molar-refractivity contribution in [2.24, 2.45) is 7.05 Å². The number of ether oxygens (including phenoxy) is 1. The van der Waals surface area contributed by atoms with Gasteiger partial charge in [-0.2, -0.15) is 0 Å². The number of carbonyl (C=O) groups excluding carboxylic acids is 2. The highest BCUT2D eigenvalue weighted by molar-refractivity contribution is 6.04. The van der Waals surface area contributed by atoms with E-state index >= 15 is 0 Å². The maximum atomic E-state index is 12.4. The fraction of sp³-hybridized carbons (Fsp3) is 0.267. The number of amides is 1. The molecule has 0 spiro atoms. The van der Waals surface area contributed by atoms with Crippen LogP contribution in [0.15, 0.2) is 23.0 Å². The van der Waals surface area contributed by atoms with Gasteiger partial charge in [-0.1, -0.05) is 6.07 Å². The number of carbonyl (C=O) groups is 2. The number of nitrogens with one attached hydrogen (secondary N) is 1. The normalized spacial score (nSPS) is 10.5. The van der Waals surface area contributed by atoms with Crippen LogP contribution >= 0.6 is 0 Å². The number of rotatable bonds is 4. The number of fused-ring (bicyclic) bond motifs is 1. The van der Waals surface area contributed by atoms with Gasteiger partial charge in [-0.05, 0) is 19.1 Å². The third kappa shape index (κ3) is 2.52. The number of nitrogens with zero attached hydrogens (tertiary/aromatic N) is 1. The third-order valence-corrected chi connectivity index (χ3v) is 3.29. The summed E-state index contributed by atoms with van der Waals surface area (Å²) in [7, 11) is 2.93. The number of ketones is 1. The zero-order valence-electron chi connectivity index (χ0n) is 12.5. The minimum atomic E-state index is -0.794. The van der Waals surface area contributed by atoms with E-state index in [0.29, 0.717) is 16.7 Å². The number of hydrogen-bond acceptors (Lipinski definition) is 5. The number of pyridine rings is 1. The maximum Gasteiger partial charge on any atom is 0.267 e. The largest absolute Gasteiger partial charge is 0.506 e. The van der Waals surface area contributed by atoms with Crippen LogP contribution in [0.4, 0.5) is 0 Å². The Morgan fingerprint density at radius 3 is 2.64 bits per heavy atom. The summed E-state index contributed by atoms with van der Waals surface area (Å²) in [5.74, 6) is -1.08. The van der Waals surface area contributed by atoms with E-state index in [0.717, 1.165) is 0 Å². The van der Waals surface area contributed by atoms with Crippen LogP contribution in [-0.2, 0) is 11.8 Å². The lowest BCUT2D eigenvalue weighted by Gasteiger charge is -2.14. The predicted molar refractivity (Wildman–Crippen MR) is 80.4 cm³/mol. The van der Waals surface area contributed by atoms with E-state index in [1.54, 1.807) is 18.2 Å². The molecule has 0 saturated carbocycles. The van der Waals surface area contributed by atoms with Crippen LogP contribution in [0.3, 0.4) is 0 Å². The number of aromatic nitrogens is 1. The lowest BCUT2D eigenvalue weighted by molar-refractivity contribution is -0.116. The molecule has 1 amide bonds. The molecule has 0 bridgehead atoms. The van der Waals surface area contributed by atoms with Gasteiger partial charge in [-0.25, -0.2) is 0 Å². The highest BCUT2D eigenvalue weighted by atomic mass is 16.5. The van der Waals surface area contributed by atoms with Gasteiger partial charge in [0.15, 0.2) is 0 Å². The highest BCUT2D eigenvalue weighted by Gasteiger charge is 2.22. The lowest BCUT2D eigenvalue weighted by Crippen LogP contribution is -2.34. The molecule has 1 aromatic carbocycles. The van der Waals surface area contributed by atoms with Crippen LogP contribution in [0.1, 0.15) is 17.3 Å². The Labute approximate surface area is 126 Å². The molecule has 2 N–H and O–H groups in total. The molecule has 116 valence electrons. The van der Waals surface area contributed by atoms with Gasteiger partial charge in [0.25, 0.3) is 11.5 Å². The predicted octanol–water partition coefficient (Wildman–Crippen LogP) is 0.571. The monoisotopic (exact) mass is 304 g/mol.